The highest BCUT2D eigenvalue weighted by Gasteiger charge is 2.07. The van der Waals surface area contributed by atoms with E-state index >= 15 is 0 Å². The monoisotopic (exact) mass is 292 g/mol. The van der Waals surface area contributed by atoms with E-state index in [4.69, 9.17) is 0 Å². The molecule has 0 aliphatic rings. The van der Waals surface area contributed by atoms with Crippen molar-refractivity contribution in [2.45, 2.75) is 27.3 Å². The van der Waals surface area contributed by atoms with Crippen LogP contribution in [0, 0.1) is 20.8 Å². The fourth-order valence-electron chi connectivity index (χ4n) is 2.83. The first-order chi connectivity index (χ1) is 10.5. The zero-order valence-electron chi connectivity index (χ0n) is 13.2. The second-order valence-corrected chi connectivity index (χ2v) is 5.93. The number of H-pyrrole nitrogens is 1. The summed E-state index contributed by atoms with van der Waals surface area (Å²) in [7, 11) is 0. The largest absolute Gasteiger partial charge is 0.359 e. The molecule has 0 spiro atoms. The van der Waals surface area contributed by atoms with Crippen molar-refractivity contribution < 1.29 is 4.79 Å². The highest BCUT2D eigenvalue weighted by Crippen LogP contribution is 2.17. The fourth-order valence-corrected chi connectivity index (χ4v) is 2.83. The van der Waals surface area contributed by atoms with E-state index in [9.17, 15) is 4.79 Å². The van der Waals surface area contributed by atoms with Crippen LogP contribution in [0.5, 0.6) is 0 Å². The first-order valence-electron chi connectivity index (χ1n) is 7.46. The van der Waals surface area contributed by atoms with Crippen molar-refractivity contribution in [3.05, 3.63) is 70.4 Å². The summed E-state index contributed by atoms with van der Waals surface area (Å²) >= 11 is 0. The Hall–Kier alpha value is -2.55. The number of amides is 1. The van der Waals surface area contributed by atoms with Gasteiger partial charge in [0.05, 0.1) is 0 Å². The molecule has 22 heavy (non-hydrogen) atoms. The summed E-state index contributed by atoms with van der Waals surface area (Å²) in [6.07, 6.45) is 0. The van der Waals surface area contributed by atoms with Crippen LogP contribution >= 0.6 is 0 Å². The van der Waals surface area contributed by atoms with Crippen LogP contribution < -0.4 is 5.32 Å². The van der Waals surface area contributed by atoms with Crippen molar-refractivity contribution in [3.63, 3.8) is 0 Å². The summed E-state index contributed by atoms with van der Waals surface area (Å²) in [5.41, 5.74) is 6.30. The Bertz CT molecular complexity index is 826. The normalized spacial score (nSPS) is 10.9. The average Bonchev–Trinajstić information content (AvgIpc) is 2.82. The van der Waals surface area contributed by atoms with Gasteiger partial charge in [-0.05, 0) is 62.1 Å². The predicted molar refractivity (Wildman–Crippen MR) is 90.1 cm³/mol. The molecule has 0 unspecified atom stereocenters. The lowest BCUT2D eigenvalue weighted by Gasteiger charge is -2.07. The zero-order chi connectivity index (χ0) is 15.7. The van der Waals surface area contributed by atoms with Gasteiger partial charge in [-0.15, -0.1) is 0 Å². The smallest absolute Gasteiger partial charge is 0.251 e. The Morgan fingerprint density at radius 3 is 2.45 bits per heavy atom. The van der Waals surface area contributed by atoms with E-state index in [2.05, 4.69) is 34.6 Å². The molecule has 0 saturated carbocycles. The molecule has 3 aromatic rings. The minimum absolute atomic E-state index is 0.0304. The molecule has 3 nitrogen and oxygen atoms in total. The first kappa shape index (κ1) is 14.4. The molecule has 2 N–H and O–H groups in total. The van der Waals surface area contributed by atoms with E-state index in [-0.39, 0.29) is 5.91 Å². The molecule has 1 aromatic heterocycles. The molecule has 2 aromatic carbocycles. The van der Waals surface area contributed by atoms with E-state index < -0.39 is 0 Å². The number of benzene rings is 2. The maximum Gasteiger partial charge on any atom is 0.251 e. The lowest BCUT2D eigenvalue weighted by atomic mass is 10.1. The Balaban J connectivity index is 1.73. The summed E-state index contributed by atoms with van der Waals surface area (Å²) in [5.74, 6) is -0.0304. The Kier molecular flexibility index (Phi) is 3.72. The molecule has 1 heterocycles. The van der Waals surface area contributed by atoms with E-state index in [1.54, 1.807) is 0 Å². The lowest BCUT2D eigenvalue weighted by molar-refractivity contribution is 0.0950. The van der Waals surface area contributed by atoms with Crippen LogP contribution in [0.3, 0.4) is 0 Å². The van der Waals surface area contributed by atoms with Crippen LogP contribution in [0.4, 0.5) is 0 Å². The third-order valence-electron chi connectivity index (χ3n) is 3.76. The van der Waals surface area contributed by atoms with E-state index in [0.29, 0.717) is 6.54 Å². The highest BCUT2D eigenvalue weighted by molar-refractivity contribution is 5.94. The average molecular weight is 292 g/mol. The minimum Gasteiger partial charge on any atom is -0.359 e. The molecule has 112 valence electrons. The van der Waals surface area contributed by atoms with Gasteiger partial charge in [-0.1, -0.05) is 23.3 Å². The molecule has 0 aliphatic carbocycles. The molecule has 0 aliphatic heterocycles. The van der Waals surface area contributed by atoms with Gasteiger partial charge in [0, 0.05) is 23.3 Å². The quantitative estimate of drug-likeness (QED) is 0.752. The summed E-state index contributed by atoms with van der Waals surface area (Å²) in [4.78, 5) is 15.6. The van der Waals surface area contributed by atoms with Crippen LogP contribution in [0.15, 0.2) is 42.5 Å². The molecule has 3 rings (SSSR count). The maximum absolute atomic E-state index is 12.3. The second kappa shape index (κ2) is 5.68. The van der Waals surface area contributed by atoms with Crippen molar-refractivity contribution in [3.8, 4) is 0 Å². The van der Waals surface area contributed by atoms with Crippen LogP contribution in [-0.2, 0) is 6.54 Å². The molecule has 1 amide bonds. The number of aromatic amines is 1. The van der Waals surface area contributed by atoms with Crippen molar-refractivity contribution in [1.29, 1.82) is 0 Å². The van der Waals surface area contributed by atoms with Gasteiger partial charge >= 0.3 is 0 Å². The second-order valence-electron chi connectivity index (χ2n) is 5.93. The van der Waals surface area contributed by atoms with Gasteiger partial charge in [-0.3, -0.25) is 4.79 Å². The van der Waals surface area contributed by atoms with Crippen molar-refractivity contribution in [2.75, 3.05) is 0 Å². The van der Waals surface area contributed by atoms with Crippen molar-refractivity contribution >= 4 is 16.8 Å². The number of hydrogen-bond donors (Lipinski definition) is 2. The fraction of sp³-hybridized carbons (Fsp3) is 0.211. The molecule has 0 saturated heterocycles. The van der Waals surface area contributed by atoms with Crippen LogP contribution in [0.2, 0.25) is 0 Å². The molecule has 0 radical (unpaired) electrons. The van der Waals surface area contributed by atoms with Crippen LogP contribution in [-0.4, -0.2) is 10.9 Å². The van der Waals surface area contributed by atoms with Gasteiger partial charge in [0.25, 0.3) is 5.91 Å². The van der Waals surface area contributed by atoms with Crippen LogP contribution in [0.1, 0.15) is 32.7 Å². The third kappa shape index (κ3) is 3.03. The number of fused-ring (bicyclic) bond motifs is 1. The number of aromatic nitrogens is 1. The standard InChI is InChI=1S/C19H20N2O/c1-12-6-13(2)8-17(7-12)19(22)20-11-15-4-5-18-16(10-15)9-14(3)21-18/h4-10,21H,11H2,1-3H3,(H,20,22). The zero-order valence-corrected chi connectivity index (χ0v) is 13.2. The van der Waals surface area contributed by atoms with E-state index in [0.717, 1.165) is 33.5 Å². The lowest BCUT2D eigenvalue weighted by Crippen LogP contribution is -2.22. The first-order valence-corrected chi connectivity index (χ1v) is 7.46. The number of carbonyl (C=O) groups excluding carboxylic acids is 1. The van der Waals surface area contributed by atoms with Crippen molar-refractivity contribution in [2.24, 2.45) is 0 Å². The predicted octanol–water partition coefficient (Wildman–Crippen LogP) is 4.02. The van der Waals surface area contributed by atoms with E-state index in [1.165, 1.54) is 5.39 Å². The van der Waals surface area contributed by atoms with Gasteiger partial charge < -0.3 is 10.3 Å². The number of nitrogens with one attached hydrogen (secondary N) is 2. The SMILES string of the molecule is Cc1cc(C)cc(C(=O)NCc2ccc3[nH]c(C)cc3c2)c1. The molecule has 0 atom stereocenters. The summed E-state index contributed by atoms with van der Waals surface area (Å²) in [5, 5.41) is 4.17. The maximum atomic E-state index is 12.3. The van der Waals surface area contributed by atoms with Crippen molar-refractivity contribution in [1.82, 2.24) is 10.3 Å². The number of hydrogen-bond acceptors (Lipinski definition) is 1. The Morgan fingerprint density at radius 1 is 1.00 bits per heavy atom. The molecule has 0 fully saturated rings. The number of carbonyl (C=O) groups is 1. The van der Waals surface area contributed by atoms with E-state index in [1.807, 2.05) is 39.0 Å². The van der Waals surface area contributed by atoms with Gasteiger partial charge in [0.1, 0.15) is 0 Å². The summed E-state index contributed by atoms with van der Waals surface area (Å²) in [6, 6.07) is 14.2. The molecular formula is C19H20N2O. The minimum atomic E-state index is -0.0304. The third-order valence-corrected chi connectivity index (χ3v) is 3.76. The topological polar surface area (TPSA) is 44.9 Å². The van der Waals surface area contributed by atoms with Crippen LogP contribution in [0.25, 0.3) is 10.9 Å². The van der Waals surface area contributed by atoms with Gasteiger partial charge in [0.15, 0.2) is 0 Å². The van der Waals surface area contributed by atoms with Gasteiger partial charge in [-0.2, -0.15) is 0 Å². The highest BCUT2D eigenvalue weighted by atomic mass is 16.1. The Labute approximate surface area is 130 Å². The summed E-state index contributed by atoms with van der Waals surface area (Å²) < 4.78 is 0. The molecular weight excluding hydrogens is 272 g/mol. The molecule has 3 heteroatoms. The van der Waals surface area contributed by atoms with Gasteiger partial charge in [-0.25, -0.2) is 0 Å². The Morgan fingerprint density at radius 2 is 1.73 bits per heavy atom. The number of rotatable bonds is 3. The molecule has 0 bridgehead atoms. The summed E-state index contributed by atoms with van der Waals surface area (Å²) in [6.45, 7) is 6.59. The van der Waals surface area contributed by atoms with Gasteiger partial charge in [0.2, 0.25) is 0 Å². The number of aryl methyl sites for hydroxylation is 3.